The van der Waals surface area contributed by atoms with Gasteiger partial charge in [0.15, 0.2) is 0 Å². The van der Waals surface area contributed by atoms with Crippen LogP contribution in [-0.4, -0.2) is 11.5 Å². The molecular formula is C14H17FN2. The molecule has 2 N–H and O–H groups in total. The van der Waals surface area contributed by atoms with Crippen molar-refractivity contribution in [2.75, 3.05) is 6.54 Å². The van der Waals surface area contributed by atoms with Crippen molar-refractivity contribution < 1.29 is 4.39 Å². The Kier molecular flexibility index (Phi) is 3.11. The molecule has 2 rings (SSSR count). The summed E-state index contributed by atoms with van der Waals surface area (Å²) in [5.74, 6) is -0.197. The molecule has 0 bridgehead atoms. The summed E-state index contributed by atoms with van der Waals surface area (Å²) in [6.07, 6.45) is 4.16. The number of rotatable bonds is 3. The minimum Gasteiger partial charge on any atom is -0.330 e. The molecule has 17 heavy (non-hydrogen) atoms. The molecule has 0 aliphatic rings. The van der Waals surface area contributed by atoms with Gasteiger partial charge < -0.3 is 5.73 Å². The first-order valence-electron chi connectivity index (χ1n) is 5.75. The molecule has 1 aromatic heterocycles. The zero-order chi connectivity index (χ0) is 12.5. The molecule has 0 atom stereocenters. The molecule has 2 aromatic rings. The van der Waals surface area contributed by atoms with E-state index in [1.165, 1.54) is 6.07 Å². The molecular weight excluding hydrogens is 215 g/mol. The average Bonchev–Trinajstić information content (AvgIpc) is 2.33. The molecule has 0 aliphatic heterocycles. The van der Waals surface area contributed by atoms with Crippen LogP contribution >= 0.6 is 0 Å². The van der Waals surface area contributed by atoms with Crippen molar-refractivity contribution in [2.24, 2.45) is 11.1 Å². The maximum atomic E-state index is 13.6. The van der Waals surface area contributed by atoms with Crippen molar-refractivity contribution in [3.05, 3.63) is 42.0 Å². The Morgan fingerprint density at radius 3 is 2.71 bits per heavy atom. The van der Waals surface area contributed by atoms with E-state index in [0.717, 1.165) is 17.4 Å². The van der Waals surface area contributed by atoms with E-state index in [1.807, 2.05) is 6.07 Å². The van der Waals surface area contributed by atoms with E-state index in [1.54, 1.807) is 18.5 Å². The SMILES string of the molecule is CC(C)(CN)Cc1ccc(F)c2ccncc12. The molecule has 0 amide bonds. The number of benzene rings is 1. The van der Waals surface area contributed by atoms with Crippen LogP contribution in [-0.2, 0) is 6.42 Å². The minimum absolute atomic E-state index is 0.0145. The van der Waals surface area contributed by atoms with Crippen LogP contribution in [0.25, 0.3) is 10.8 Å². The molecule has 0 aliphatic carbocycles. The highest BCUT2D eigenvalue weighted by atomic mass is 19.1. The summed E-state index contributed by atoms with van der Waals surface area (Å²) in [6.45, 7) is 4.82. The van der Waals surface area contributed by atoms with Gasteiger partial charge in [0, 0.05) is 23.2 Å². The highest BCUT2D eigenvalue weighted by Crippen LogP contribution is 2.27. The Labute approximate surface area is 101 Å². The molecule has 0 fully saturated rings. The van der Waals surface area contributed by atoms with E-state index < -0.39 is 0 Å². The van der Waals surface area contributed by atoms with E-state index in [4.69, 9.17) is 5.73 Å². The second-order valence-corrected chi connectivity index (χ2v) is 5.17. The maximum absolute atomic E-state index is 13.6. The molecule has 3 heteroatoms. The Morgan fingerprint density at radius 1 is 1.24 bits per heavy atom. The predicted molar refractivity (Wildman–Crippen MR) is 68.2 cm³/mol. The van der Waals surface area contributed by atoms with Gasteiger partial charge in [-0.05, 0) is 36.1 Å². The van der Waals surface area contributed by atoms with Crippen LogP contribution in [0, 0.1) is 11.2 Å². The molecule has 90 valence electrons. The Bertz CT molecular complexity index is 535. The summed E-state index contributed by atoms with van der Waals surface area (Å²) >= 11 is 0. The molecule has 0 spiro atoms. The van der Waals surface area contributed by atoms with Crippen molar-refractivity contribution >= 4 is 10.8 Å². The Morgan fingerprint density at radius 2 is 2.00 bits per heavy atom. The summed E-state index contributed by atoms with van der Waals surface area (Å²) in [5, 5.41) is 1.51. The summed E-state index contributed by atoms with van der Waals surface area (Å²) in [4.78, 5) is 4.07. The lowest BCUT2D eigenvalue weighted by Crippen LogP contribution is -2.26. The molecule has 0 radical (unpaired) electrons. The predicted octanol–water partition coefficient (Wildman–Crippen LogP) is 2.90. The lowest BCUT2D eigenvalue weighted by Gasteiger charge is -2.23. The first-order valence-corrected chi connectivity index (χ1v) is 5.75. The maximum Gasteiger partial charge on any atom is 0.131 e. The largest absolute Gasteiger partial charge is 0.330 e. The molecule has 0 saturated carbocycles. The molecule has 2 nitrogen and oxygen atoms in total. The quantitative estimate of drug-likeness (QED) is 0.883. The van der Waals surface area contributed by atoms with Crippen LogP contribution in [0.15, 0.2) is 30.6 Å². The van der Waals surface area contributed by atoms with Gasteiger partial charge in [-0.25, -0.2) is 4.39 Å². The van der Waals surface area contributed by atoms with Crippen LogP contribution < -0.4 is 5.73 Å². The Hall–Kier alpha value is -1.48. The van der Waals surface area contributed by atoms with Gasteiger partial charge in [0.25, 0.3) is 0 Å². The summed E-state index contributed by atoms with van der Waals surface area (Å²) in [6, 6.07) is 5.06. The van der Waals surface area contributed by atoms with Crippen molar-refractivity contribution in [3.8, 4) is 0 Å². The second kappa shape index (κ2) is 4.41. The third kappa shape index (κ3) is 2.44. The van der Waals surface area contributed by atoms with Gasteiger partial charge in [-0.1, -0.05) is 19.9 Å². The number of pyridine rings is 1. The lowest BCUT2D eigenvalue weighted by molar-refractivity contribution is 0.378. The van der Waals surface area contributed by atoms with Crippen molar-refractivity contribution in [2.45, 2.75) is 20.3 Å². The second-order valence-electron chi connectivity index (χ2n) is 5.17. The number of hydrogen-bond donors (Lipinski definition) is 1. The summed E-state index contributed by atoms with van der Waals surface area (Å²) < 4.78 is 13.6. The number of aromatic nitrogens is 1. The van der Waals surface area contributed by atoms with Crippen LogP contribution in [0.1, 0.15) is 19.4 Å². The topological polar surface area (TPSA) is 38.9 Å². The number of hydrogen-bond acceptors (Lipinski definition) is 2. The van der Waals surface area contributed by atoms with E-state index >= 15 is 0 Å². The minimum atomic E-state index is -0.197. The standard InChI is InChI=1S/C14H17FN2/c1-14(2,9-16)7-10-3-4-13(15)11-5-6-17-8-12(10)11/h3-6,8H,7,9,16H2,1-2H3. The van der Waals surface area contributed by atoms with E-state index in [2.05, 4.69) is 18.8 Å². The number of fused-ring (bicyclic) bond motifs is 1. The molecule has 0 unspecified atom stereocenters. The fraction of sp³-hybridized carbons (Fsp3) is 0.357. The smallest absolute Gasteiger partial charge is 0.131 e. The van der Waals surface area contributed by atoms with Crippen LogP contribution in [0.5, 0.6) is 0 Å². The highest BCUT2D eigenvalue weighted by Gasteiger charge is 2.18. The third-order valence-electron chi connectivity index (χ3n) is 3.08. The number of halogens is 1. The zero-order valence-corrected chi connectivity index (χ0v) is 10.2. The van der Waals surface area contributed by atoms with Crippen LogP contribution in [0.3, 0.4) is 0 Å². The molecule has 0 saturated heterocycles. The van der Waals surface area contributed by atoms with Crippen molar-refractivity contribution in [3.63, 3.8) is 0 Å². The molecule has 1 aromatic carbocycles. The monoisotopic (exact) mass is 232 g/mol. The van der Waals surface area contributed by atoms with Gasteiger partial charge in [-0.15, -0.1) is 0 Å². The van der Waals surface area contributed by atoms with Gasteiger partial charge in [0.1, 0.15) is 5.82 Å². The van der Waals surface area contributed by atoms with Gasteiger partial charge in [-0.3, -0.25) is 4.98 Å². The highest BCUT2D eigenvalue weighted by molar-refractivity contribution is 5.85. The fourth-order valence-electron chi connectivity index (χ4n) is 1.95. The zero-order valence-electron chi connectivity index (χ0n) is 10.2. The van der Waals surface area contributed by atoms with E-state index in [-0.39, 0.29) is 11.2 Å². The number of nitrogens with zero attached hydrogens (tertiary/aromatic N) is 1. The van der Waals surface area contributed by atoms with Crippen molar-refractivity contribution in [1.29, 1.82) is 0 Å². The average molecular weight is 232 g/mol. The van der Waals surface area contributed by atoms with Gasteiger partial charge in [0.05, 0.1) is 0 Å². The number of nitrogens with two attached hydrogens (primary N) is 1. The molecule has 1 heterocycles. The van der Waals surface area contributed by atoms with Crippen LogP contribution in [0.2, 0.25) is 0 Å². The lowest BCUT2D eigenvalue weighted by atomic mass is 9.84. The summed E-state index contributed by atoms with van der Waals surface area (Å²) in [5.41, 5.74) is 6.85. The van der Waals surface area contributed by atoms with Gasteiger partial charge >= 0.3 is 0 Å². The van der Waals surface area contributed by atoms with Gasteiger partial charge in [0.2, 0.25) is 0 Å². The van der Waals surface area contributed by atoms with Crippen molar-refractivity contribution in [1.82, 2.24) is 4.98 Å². The van der Waals surface area contributed by atoms with E-state index in [0.29, 0.717) is 11.9 Å². The summed E-state index contributed by atoms with van der Waals surface area (Å²) in [7, 11) is 0. The first kappa shape index (κ1) is 12.0. The fourth-order valence-corrected chi connectivity index (χ4v) is 1.95. The van der Waals surface area contributed by atoms with Crippen LogP contribution in [0.4, 0.5) is 4.39 Å². The Balaban J connectivity index is 2.52. The van der Waals surface area contributed by atoms with Gasteiger partial charge in [-0.2, -0.15) is 0 Å². The third-order valence-corrected chi connectivity index (χ3v) is 3.08. The normalized spacial score (nSPS) is 12.0. The van der Waals surface area contributed by atoms with E-state index in [9.17, 15) is 4.39 Å². The first-order chi connectivity index (χ1) is 8.03.